The first-order chi connectivity index (χ1) is 11.6. The van der Waals surface area contributed by atoms with Gasteiger partial charge in [-0.15, -0.1) is 0 Å². The molecule has 1 aliphatic rings. The van der Waals surface area contributed by atoms with Crippen LogP contribution in [0.25, 0.3) is 11.3 Å². The van der Waals surface area contributed by atoms with Gasteiger partial charge in [-0.05, 0) is 5.56 Å². The zero-order valence-corrected chi connectivity index (χ0v) is 13.0. The van der Waals surface area contributed by atoms with E-state index >= 15 is 0 Å². The fourth-order valence-corrected chi connectivity index (χ4v) is 3.14. The Labute approximate surface area is 137 Å². The SMILES string of the molecule is CN(Cc1ccccc1)c1ncnc2c1Cc1[nH]c(=O)[nH]c(=O)c1-2. The van der Waals surface area contributed by atoms with Crippen molar-refractivity contribution in [1.29, 1.82) is 0 Å². The summed E-state index contributed by atoms with van der Waals surface area (Å²) in [7, 11) is 1.95. The summed E-state index contributed by atoms with van der Waals surface area (Å²) in [6, 6.07) is 10.1. The quantitative estimate of drug-likeness (QED) is 0.588. The van der Waals surface area contributed by atoms with Gasteiger partial charge in [-0.3, -0.25) is 9.78 Å². The van der Waals surface area contributed by atoms with E-state index in [1.807, 2.05) is 30.1 Å². The van der Waals surface area contributed by atoms with Gasteiger partial charge < -0.3 is 9.88 Å². The first-order valence-corrected chi connectivity index (χ1v) is 7.58. The number of rotatable bonds is 3. The van der Waals surface area contributed by atoms with Crippen LogP contribution in [0.3, 0.4) is 0 Å². The third-order valence-corrected chi connectivity index (χ3v) is 4.16. The van der Waals surface area contributed by atoms with Gasteiger partial charge in [0.25, 0.3) is 5.56 Å². The molecule has 0 saturated carbocycles. The van der Waals surface area contributed by atoms with E-state index in [0.29, 0.717) is 29.9 Å². The summed E-state index contributed by atoms with van der Waals surface area (Å²) in [5.74, 6) is 0.764. The molecule has 0 bridgehead atoms. The number of hydrogen-bond acceptors (Lipinski definition) is 5. The molecule has 0 aliphatic heterocycles. The Morgan fingerprint density at radius 3 is 2.71 bits per heavy atom. The van der Waals surface area contributed by atoms with Gasteiger partial charge in [0.05, 0.1) is 11.3 Å². The second-order valence-electron chi connectivity index (χ2n) is 5.80. The van der Waals surface area contributed by atoms with Crippen LogP contribution in [0.2, 0.25) is 0 Å². The van der Waals surface area contributed by atoms with Gasteiger partial charge in [0.2, 0.25) is 0 Å². The van der Waals surface area contributed by atoms with Crippen LogP contribution in [0.4, 0.5) is 5.82 Å². The molecule has 7 heteroatoms. The predicted molar refractivity (Wildman–Crippen MR) is 90.1 cm³/mol. The van der Waals surface area contributed by atoms with Crippen LogP contribution in [-0.2, 0) is 13.0 Å². The van der Waals surface area contributed by atoms with Crippen molar-refractivity contribution in [3.63, 3.8) is 0 Å². The van der Waals surface area contributed by atoms with Crippen LogP contribution in [0.15, 0.2) is 46.2 Å². The second kappa shape index (κ2) is 5.45. The Morgan fingerprint density at radius 2 is 1.92 bits per heavy atom. The van der Waals surface area contributed by atoms with Gasteiger partial charge in [0, 0.05) is 31.3 Å². The maximum atomic E-state index is 12.1. The Kier molecular flexibility index (Phi) is 3.26. The molecule has 2 aromatic heterocycles. The zero-order chi connectivity index (χ0) is 16.7. The van der Waals surface area contributed by atoms with Crippen LogP contribution in [0.1, 0.15) is 16.8 Å². The van der Waals surface area contributed by atoms with Crippen molar-refractivity contribution < 1.29 is 0 Å². The Bertz CT molecular complexity index is 1020. The second-order valence-corrected chi connectivity index (χ2v) is 5.80. The minimum atomic E-state index is -0.501. The van der Waals surface area contributed by atoms with Crippen LogP contribution in [0, 0.1) is 0 Å². The number of fused-ring (bicyclic) bond motifs is 3. The Morgan fingerprint density at radius 1 is 1.12 bits per heavy atom. The van der Waals surface area contributed by atoms with Gasteiger partial charge >= 0.3 is 5.69 Å². The molecule has 0 spiro atoms. The van der Waals surface area contributed by atoms with Crippen molar-refractivity contribution in [2.45, 2.75) is 13.0 Å². The lowest BCUT2D eigenvalue weighted by atomic mass is 10.2. The Balaban J connectivity index is 1.76. The molecule has 4 rings (SSSR count). The molecule has 0 fully saturated rings. The van der Waals surface area contributed by atoms with Crippen LogP contribution in [-0.4, -0.2) is 27.0 Å². The van der Waals surface area contributed by atoms with Gasteiger partial charge in [-0.25, -0.2) is 14.8 Å². The average Bonchev–Trinajstić information content (AvgIpc) is 2.93. The van der Waals surface area contributed by atoms with E-state index in [0.717, 1.165) is 16.9 Å². The summed E-state index contributed by atoms with van der Waals surface area (Å²) in [4.78, 5) is 39.2. The van der Waals surface area contributed by atoms with Crippen molar-refractivity contribution >= 4 is 5.82 Å². The lowest BCUT2D eigenvalue weighted by Crippen LogP contribution is -2.24. The molecule has 0 unspecified atom stereocenters. The smallest absolute Gasteiger partial charge is 0.325 e. The first-order valence-electron chi connectivity index (χ1n) is 7.58. The van der Waals surface area contributed by atoms with Gasteiger partial charge in [0.15, 0.2) is 0 Å². The first kappa shape index (κ1) is 14.4. The zero-order valence-electron chi connectivity index (χ0n) is 13.0. The maximum absolute atomic E-state index is 12.1. The van der Waals surface area contributed by atoms with Gasteiger partial charge in [0.1, 0.15) is 12.1 Å². The van der Waals surface area contributed by atoms with Crippen molar-refractivity contribution in [3.05, 3.63) is 74.3 Å². The van der Waals surface area contributed by atoms with E-state index in [1.54, 1.807) is 0 Å². The summed E-state index contributed by atoms with van der Waals surface area (Å²) >= 11 is 0. The molecule has 7 nitrogen and oxygen atoms in total. The molecule has 1 aliphatic carbocycles. The normalized spacial score (nSPS) is 11.9. The number of aromatic amines is 2. The number of aromatic nitrogens is 4. The average molecular weight is 321 g/mol. The van der Waals surface area contributed by atoms with Crippen molar-refractivity contribution in [2.75, 3.05) is 11.9 Å². The molecule has 1 aromatic carbocycles. The molecule has 0 amide bonds. The minimum absolute atomic E-state index is 0.414. The van der Waals surface area contributed by atoms with E-state index in [1.165, 1.54) is 6.33 Å². The molecule has 24 heavy (non-hydrogen) atoms. The highest BCUT2D eigenvalue weighted by Gasteiger charge is 2.28. The van der Waals surface area contributed by atoms with Crippen LogP contribution < -0.4 is 16.1 Å². The molecular weight excluding hydrogens is 306 g/mol. The van der Waals surface area contributed by atoms with Crippen LogP contribution in [0.5, 0.6) is 0 Å². The largest absolute Gasteiger partial charge is 0.355 e. The number of hydrogen-bond donors (Lipinski definition) is 2. The molecule has 3 aromatic rings. The third kappa shape index (κ3) is 2.30. The van der Waals surface area contributed by atoms with E-state index < -0.39 is 11.2 Å². The molecule has 2 heterocycles. The van der Waals surface area contributed by atoms with Crippen molar-refractivity contribution in [2.24, 2.45) is 0 Å². The molecular formula is C17H15N5O2. The predicted octanol–water partition coefficient (Wildman–Crippen LogP) is 1.06. The Hall–Kier alpha value is -3.22. The van der Waals surface area contributed by atoms with Crippen molar-refractivity contribution in [1.82, 2.24) is 19.9 Å². The fraction of sp³-hybridized carbons (Fsp3) is 0.176. The maximum Gasteiger partial charge on any atom is 0.325 e. The highest BCUT2D eigenvalue weighted by Crippen LogP contribution is 2.35. The summed E-state index contributed by atoms with van der Waals surface area (Å²) in [6.07, 6.45) is 1.90. The molecule has 0 atom stereocenters. The summed E-state index contributed by atoms with van der Waals surface area (Å²) in [6.45, 7) is 0.688. The number of benzene rings is 1. The van der Waals surface area contributed by atoms with Gasteiger partial charge in [-0.2, -0.15) is 0 Å². The number of anilines is 1. The molecule has 120 valence electrons. The van der Waals surface area contributed by atoms with Crippen molar-refractivity contribution in [3.8, 4) is 11.3 Å². The summed E-state index contributed by atoms with van der Waals surface area (Å²) in [5.41, 5.74) is 2.72. The number of nitrogens with one attached hydrogen (secondary N) is 2. The van der Waals surface area contributed by atoms with E-state index in [9.17, 15) is 9.59 Å². The summed E-state index contributed by atoms with van der Waals surface area (Å²) in [5, 5.41) is 0. The van der Waals surface area contributed by atoms with E-state index in [2.05, 4.69) is 32.1 Å². The minimum Gasteiger partial charge on any atom is -0.355 e. The third-order valence-electron chi connectivity index (χ3n) is 4.16. The lowest BCUT2D eigenvalue weighted by molar-refractivity contribution is 0.878. The molecule has 0 saturated heterocycles. The van der Waals surface area contributed by atoms with E-state index in [4.69, 9.17) is 0 Å². The van der Waals surface area contributed by atoms with Crippen LogP contribution >= 0.6 is 0 Å². The highest BCUT2D eigenvalue weighted by molar-refractivity contribution is 5.75. The molecule has 2 N–H and O–H groups in total. The monoisotopic (exact) mass is 321 g/mol. The number of H-pyrrole nitrogens is 2. The topological polar surface area (TPSA) is 94.7 Å². The highest BCUT2D eigenvalue weighted by atomic mass is 16.2. The van der Waals surface area contributed by atoms with E-state index in [-0.39, 0.29) is 0 Å². The fourth-order valence-electron chi connectivity index (χ4n) is 3.14. The van der Waals surface area contributed by atoms with Gasteiger partial charge in [-0.1, -0.05) is 30.3 Å². The molecule has 0 radical (unpaired) electrons. The lowest BCUT2D eigenvalue weighted by Gasteiger charge is -2.20. The number of nitrogens with zero attached hydrogens (tertiary/aromatic N) is 3. The standard InChI is InChI=1S/C17H15N5O2/c1-22(8-10-5-3-2-4-6-10)15-11-7-12-13(14(11)18-9-19-15)16(23)21-17(24)20-12/h2-6,9H,7-8H2,1H3,(H2,20,21,23,24). The summed E-state index contributed by atoms with van der Waals surface area (Å²) < 4.78 is 0.